The number of allylic oxidation sites excluding steroid dienone is 1. The molecule has 1 heterocycles. The summed E-state index contributed by atoms with van der Waals surface area (Å²) in [6, 6.07) is 22.0. The lowest BCUT2D eigenvalue weighted by molar-refractivity contribution is 0.269. The molecule has 0 atom stereocenters. The standard InChI is InChI=1S/C27H25N3O2/c1-4-31-26-15-20(11-12-25(26)32-17-22-13-18(2)9-10-19(22)3)14-21(16-28)27-29-23-7-5-6-8-24(23)30-27/h5-15H,4,17H2,1-3H3,(H,29,30)/b21-14-. The second-order valence-corrected chi connectivity index (χ2v) is 7.63. The van der Waals surface area contributed by atoms with E-state index in [9.17, 15) is 5.26 Å². The molecule has 4 aromatic rings. The van der Waals surface area contributed by atoms with Crippen LogP contribution in [0, 0.1) is 25.2 Å². The van der Waals surface area contributed by atoms with Crippen molar-refractivity contribution in [3.05, 3.63) is 88.7 Å². The van der Waals surface area contributed by atoms with Gasteiger partial charge < -0.3 is 14.5 Å². The van der Waals surface area contributed by atoms with Crippen LogP contribution in [-0.2, 0) is 6.61 Å². The number of nitrogens with one attached hydrogen (secondary N) is 1. The Morgan fingerprint density at radius 2 is 1.88 bits per heavy atom. The first-order valence-electron chi connectivity index (χ1n) is 10.6. The number of nitrogens with zero attached hydrogens (tertiary/aromatic N) is 2. The lowest BCUT2D eigenvalue weighted by Crippen LogP contribution is -2.01. The number of hydrogen-bond donors (Lipinski definition) is 1. The van der Waals surface area contributed by atoms with Gasteiger partial charge in [-0.3, -0.25) is 0 Å². The van der Waals surface area contributed by atoms with Crippen LogP contribution in [0.5, 0.6) is 11.5 Å². The smallest absolute Gasteiger partial charge is 0.161 e. The Kier molecular flexibility index (Phi) is 6.23. The van der Waals surface area contributed by atoms with Gasteiger partial charge in [-0.05, 0) is 67.8 Å². The van der Waals surface area contributed by atoms with Gasteiger partial charge in [-0.1, -0.05) is 42.0 Å². The third-order valence-electron chi connectivity index (χ3n) is 5.23. The van der Waals surface area contributed by atoms with Crippen molar-refractivity contribution in [2.45, 2.75) is 27.4 Å². The van der Waals surface area contributed by atoms with Gasteiger partial charge in [0.15, 0.2) is 11.5 Å². The maximum absolute atomic E-state index is 9.72. The van der Waals surface area contributed by atoms with E-state index in [1.165, 1.54) is 11.1 Å². The van der Waals surface area contributed by atoms with Gasteiger partial charge in [0.2, 0.25) is 0 Å². The number of rotatable bonds is 7. The van der Waals surface area contributed by atoms with Gasteiger partial charge in [0.25, 0.3) is 0 Å². The molecule has 0 spiro atoms. The van der Waals surface area contributed by atoms with Crippen molar-refractivity contribution in [3.63, 3.8) is 0 Å². The predicted molar refractivity (Wildman–Crippen MR) is 127 cm³/mol. The van der Waals surface area contributed by atoms with E-state index in [0.29, 0.717) is 36.1 Å². The average Bonchev–Trinajstić information content (AvgIpc) is 3.23. The molecule has 5 nitrogen and oxygen atoms in total. The number of hydrogen-bond acceptors (Lipinski definition) is 4. The predicted octanol–water partition coefficient (Wildman–Crippen LogP) is 6.22. The van der Waals surface area contributed by atoms with Crippen LogP contribution in [0.15, 0.2) is 60.7 Å². The molecular weight excluding hydrogens is 398 g/mol. The molecule has 0 saturated heterocycles. The van der Waals surface area contributed by atoms with Gasteiger partial charge in [0.1, 0.15) is 18.5 Å². The fraction of sp³-hybridized carbons (Fsp3) is 0.185. The average molecular weight is 424 g/mol. The van der Waals surface area contributed by atoms with E-state index in [4.69, 9.17) is 9.47 Å². The summed E-state index contributed by atoms with van der Waals surface area (Å²) in [6.07, 6.45) is 1.80. The minimum absolute atomic E-state index is 0.452. The molecule has 1 aromatic heterocycles. The summed E-state index contributed by atoms with van der Waals surface area (Å²) < 4.78 is 11.9. The Morgan fingerprint density at radius 3 is 2.66 bits per heavy atom. The molecule has 32 heavy (non-hydrogen) atoms. The molecular formula is C27H25N3O2. The van der Waals surface area contributed by atoms with Crippen LogP contribution in [-0.4, -0.2) is 16.6 Å². The third kappa shape index (κ3) is 4.65. The molecule has 0 amide bonds. The first-order chi connectivity index (χ1) is 15.6. The summed E-state index contributed by atoms with van der Waals surface area (Å²) in [6.45, 7) is 7.07. The Morgan fingerprint density at radius 1 is 1.03 bits per heavy atom. The van der Waals surface area contributed by atoms with E-state index in [1.807, 2.05) is 49.4 Å². The Balaban J connectivity index is 1.61. The number of para-hydroxylation sites is 2. The highest BCUT2D eigenvalue weighted by Gasteiger charge is 2.11. The van der Waals surface area contributed by atoms with Crippen molar-refractivity contribution in [1.82, 2.24) is 9.97 Å². The molecule has 0 aliphatic heterocycles. The van der Waals surface area contributed by atoms with Crippen LogP contribution < -0.4 is 9.47 Å². The van der Waals surface area contributed by atoms with Crippen LogP contribution in [0.2, 0.25) is 0 Å². The van der Waals surface area contributed by atoms with Gasteiger partial charge in [0, 0.05) is 0 Å². The fourth-order valence-corrected chi connectivity index (χ4v) is 3.51. The molecule has 1 N–H and O–H groups in total. The normalized spacial score (nSPS) is 11.4. The first-order valence-corrected chi connectivity index (χ1v) is 10.6. The molecule has 0 saturated carbocycles. The lowest BCUT2D eigenvalue weighted by atomic mass is 10.1. The van der Waals surface area contributed by atoms with Crippen LogP contribution in [0.4, 0.5) is 0 Å². The summed E-state index contributed by atoms with van der Waals surface area (Å²) in [5.41, 5.74) is 6.56. The van der Waals surface area contributed by atoms with E-state index < -0.39 is 0 Å². The molecule has 0 fully saturated rings. The van der Waals surface area contributed by atoms with E-state index in [2.05, 4.69) is 48.1 Å². The Labute approximate surface area is 188 Å². The number of aromatic nitrogens is 2. The largest absolute Gasteiger partial charge is 0.490 e. The topological polar surface area (TPSA) is 70.9 Å². The Bertz CT molecular complexity index is 1300. The quantitative estimate of drug-likeness (QED) is 0.358. The number of H-pyrrole nitrogens is 1. The SMILES string of the molecule is CCOc1cc(/C=C(/C#N)c2nc3ccccc3[nH]2)ccc1OCc1cc(C)ccc1C. The van der Waals surface area contributed by atoms with Crippen molar-refractivity contribution in [2.75, 3.05) is 6.61 Å². The van der Waals surface area contributed by atoms with Crippen molar-refractivity contribution in [1.29, 1.82) is 5.26 Å². The van der Waals surface area contributed by atoms with Crippen molar-refractivity contribution in [3.8, 4) is 17.6 Å². The van der Waals surface area contributed by atoms with Crippen LogP contribution in [0.3, 0.4) is 0 Å². The second-order valence-electron chi connectivity index (χ2n) is 7.63. The molecule has 3 aromatic carbocycles. The minimum Gasteiger partial charge on any atom is -0.490 e. The summed E-state index contributed by atoms with van der Waals surface area (Å²) in [4.78, 5) is 7.74. The maximum atomic E-state index is 9.72. The number of aryl methyl sites for hydroxylation is 2. The van der Waals surface area contributed by atoms with Crippen molar-refractivity contribution >= 4 is 22.7 Å². The second kappa shape index (κ2) is 9.40. The molecule has 160 valence electrons. The van der Waals surface area contributed by atoms with Gasteiger partial charge in [-0.2, -0.15) is 5.26 Å². The van der Waals surface area contributed by atoms with E-state index in [0.717, 1.165) is 22.2 Å². The van der Waals surface area contributed by atoms with Crippen LogP contribution in [0.1, 0.15) is 35.0 Å². The van der Waals surface area contributed by atoms with Gasteiger partial charge in [-0.25, -0.2) is 4.98 Å². The van der Waals surface area contributed by atoms with E-state index in [-0.39, 0.29) is 0 Å². The lowest BCUT2D eigenvalue weighted by Gasteiger charge is -2.14. The first kappa shape index (κ1) is 21.2. The summed E-state index contributed by atoms with van der Waals surface area (Å²) in [7, 11) is 0. The zero-order chi connectivity index (χ0) is 22.5. The number of imidazole rings is 1. The van der Waals surface area contributed by atoms with Gasteiger partial charge >= 0.3 is 0 Å². The highest BCUT2D eigenvalue weighted by atomic mass is 16.5. The summed E-state index contributed by atoms with van der Waals surface area (Å²) >= 11 is 0. The maximum Gasteiger partial charge on any atom is 0.161 e. The monoisotopic (exact) mass is 423 g/mol. The molecule has 0 radical (unpaired) electrons. The molecule has 0 aliphatic rings. The van der Waals surface area contributed by atoms with Gasteiger partial charge in [0.05, 0.1) is 23.2 Å². The number of nitriles is 1. The highest BCUT2D eigenvalue weighted by Crippen LogP contribution is 2.31. The molecule has 0 unspecified atom stereocenters. The minimum atomic E-state index is 0.452. The van der Waals surface area contributed by atoms with E-state index >= 15 is 0 Å². The zero-order valence-corrected chi connectivity index (χ0v) is 18.5. The van der Waals surface area contributed by atoms with Gasteiger partial charge in [-0.15, -0.1) is 0 Å². The molecule has 0 bridgehead atoms. The number of fused-ring (bicyclic) bond motifs is 1. The van der Waals surface area contributed by atoms with Crippen LogP contribution >= 0.6 is 0 Å². The number of benzene rings is 3. The van der Waals surface area contributed by atoms with E-state index in [1.54, 1.807) is 6.08 Å². The van der Waals surface area contributed by atoms with Crippen molar-refractivity contribution < 1.29 is 9.47 Å². The Hall–Kier alpha value is -4.04. The number of aromatic amines is 1. The molecule has 0 aliphatic carbocycles. The molecule has 5 heteroatoms. The third-order valence-corrected chi connectivity index (χ3v) is 5.23. The highest BCUT2D eigenvalue weighted by molar-refractivity contribution is 5.90. The number of ether oxygens (including phenoxy) is 2. The zero-order valence-electron chi connectivity index (χ0n) is 18.5. The summed E-state index contributed by atoms with van der Waals surface area (Å²) in [5, 5.41) is 9.72. The van der Waals surface area contributed by atoms with Crippen molar-refractivity contribution in [2.24, 2.45) is 0 Å². The van der Waals surface area contributed by atoms with Crippen LogP contribution in [0.25, 0.3) is 22.7 Å². The fourth-order valence-electron chi connectivity index (χ4n) is 3.51. The summed E-state index contributed by atoms with van der Waals surface area (Å²) in [5.74, 6) is 1.86. The molecule has 4 rings (SSSR count).